The number of carbonyl (C=O) groups excluding carboxylic acids is 3. The van der Waals surface area contributed by atoms with Gasteiger partial charge >= 0.3 is 4.87 Å². The first-order chi connectivity index (χ1) is 19.4. The molecule has 11 heteroatoms. The van der Waals surface area contributed by atoms with Crippen LogP contribution in [0.3, 0.4) is 0 Å². The van der Waals surface area contributed by atoms with E-state index in [-0.39, 0.29) is 70.2 Å². The molecule has 7 atom stereocenters. The van der Waals surface area contributed by atoms with E-state index in [1.54, 1.807) is 30.0 Å². The minimum atomic E-state index is -0.421. The van der Waals surface area contributed by atoms with Crippen LogP contribution in [0.15, 0.2) is 58.4 Å². The Morgan fingerprint density at radius 2 is 1.85 bits per heavy atom. The molecule has 2 bridgehead atoms. The summed E-state index contributed by atoms with van der Waals surface area (Å²) in [5.74, 6) is -1.19. The van der Waals surface area contributed by atoms with Gasteiger partial charge in [-0.2, -0.15) is 0 Å². The predicted molar refractivity (Wildman–Crippen MR) is 150 cm³/mol. The number of thiazole rings is 1. The molecule has 0 spiro atoms. The Bertz CT molecular complexity index is 1590. The maximum absolute atomic E-state index is 13.7. The molecule has 3 aromatic rings. The number of benzene rings is 2. The SMILES string of the molecule is COc1cc(C2c3sc(=O)[nH]c3SC3C4CC(C5C(=O)N(CCC(=O)Nc6ccccc6)C(=O)C45)C23)ccc1O. The van der Waals surface area contributed by atoms with E-state index in [0.717, 1.165) is 21.9 Å². The second-order valence-electron chi connectivity index (χ2n) is 10.9. The number of thioether (sulfide) groups is 1. The van der Waals surface area contributed by atoms with Crippen LogP contribution in [0.5, 0.6) is 11.5 Å². The molecule has 3 fully saturated rings. The van der Waals surface area contributed by atoms with Crippen LogP contribution >= 0.6 is 23.1 Å². The second-order valence-corrected chi connectivity index (χ2v) is 13.1. The monoisotopic (exact) mass is 577 g/mol. The quantitative estimate of drug-likeness (QED) is 0.382. The highest BCUT2D eigenvalue weighted by Crippen LogP contribution is 2.68. The molecule has 2 saturated carbocycles. The molecule has 2 aromatic carbocycles. The average Bonchev–Trinajstić information content (AvgIpc) is 3.67. The van der Waals surface area contributed by atoms with E-state index in [1.807, 2.05) is 30.3 Å². The molecular formula is C29H27N3O6S2. The lowest BCUT2D eigenvalue weighted by atomic mass is 9.68. The van der Waals surface area contributed by atoms with Gasteiger partial charge in [0.1, 0.15) is 0 Å². The van der Waals surface area contributed by atoms with Crippen LogP contribution in [-0.2, 0) is 14.4 Å². The van der Waals surface area contributed by atoms with Crippen LogP contribution in [0, 0.1) is 29.6 Å². The summed E-state index contributed by atoms with van der Waals surface area (Å²) in [6.45, 7) is 0.0600. The molecule has 9 nitrogen and oxygen atoms in total. The smallest absolute Gasteiger partial charge is 0.305 e. The third-order valence-electron chi connectivity index (χ3n) is 9.00. The van der Waals surface area contributed by atoms with Crippen LogP contribution in [0.4, 0.5) is 5.69 Å². The molecule has 3 N–H and O–H groups in total. The van der Waals surface area contributed by atoms with E-state index >= 15 is 0 Å². The van der Waals surface area contributed by atoms with Gasteiger partial charge in [-0.05, 0) is 54.0 Å². The lowest BCUT2D eigenvalue weighted by Gasteiger charge is -2.43. The number of ether oxygens (including phenoxy) is 1. The number of methoxy groups -OCH3 is 1. The van der Waals surface area contributed by atoms with Crippen LogP contribution < -0.4 is 14.9 Å². The van der Waals surface area contributed by atoms with Gasteiger partial charge in [0, 0.05) is 34.7 Å². The highest BCUT2D eigenvalue weighted by atomic mass is 32.2. The third-order valence-corrected chi connectivity index (χ3v) is 11.6. The van der Waals surface area contributed by atoms with E-state index in [1.165, 1.54) is 23.3 Å². The van der Waals surface area contributed by atoms with Gasteiger partial charge in [0.2, 0.25) is 17.7 Å². The minimum Gasteiger partial charge on any atom is -0.504 e. The molecule has 3 amide bonds. The van der Waals surface area contributed by atoms with Crippen LogP contribution in [0.25, 0.3) is 0 Å². The van der Waals surface area contributed by atoms with Crippen molar-refractivity contribution in [1.29, 1.82) is 0 Å². The fraction of sp³-hybridized carbons (Fsp3) is 0.379. The van der Waals surface area contributed by atoms with Crippen molar-refractivity contribution in [1.82, 2.24) is 9.88 Å². The number of aromatic nitrogens is 1. The van der Waals surface area contributed by atoms with Crippen LogP contribution in [-0.4, -0.2) is 51.6 Å². The number of H-pyrrole nitrogens is 1. The number of rotatable bonds is 6. The Hall–Kier alpha value is -3.57. The number of nitrogens with zero attached hydrogens (tertiary/aromatic N) is 1. The molecule has 7 unspecified atom stereocenters. The van der Waals surface area contributed by atoms with Gasteiger partial charge in [-0.3, -0.25) is 24.1 Å². The van der Waals surface area contributed by atoms with Gasteiger partial charge in [0.15, 0.2) is 11.5 Å². The molecule has 40 heavy (non-hydrogen) atoms. The molecule has 0 radical (unpaired) electrons. The first-order valence-electron chi connectivity index (χ1n) is 13.3. The number of phenolic OH excluding ortho intramolecular Hbond substituents is 1. The van der Waals surface area contributed by atoms with E-state index in [9.17, 15) is 24.3 Å². The fourth-order valence-electron chi connectivity index (χ4n) is 7.52. The van der Waals surface area contributed by atoms with E-state index < -0.39 is 11.8 Å². The third kappa shape index (κ3) is 3.81. The molecule has 3 heterocycles. The molecule has 1 aromatic heterocycles. The van der Waals surface area contributed by atoms with Crippen LogP contribution in [0.2, 0.25) is 0 Å². The Morgan fingerprint density at radius 1 is 1.10 bits per heavy atom. The fourth-order valence-corrected chi connectivity index (χ4v) is 10.4. The number of nitrogens with one attached hydrogen (secondary N) is 2. The minimum absolute atomic E-state index is 0.00246. The molecule has 4 aliphatic rings. The van der Waals surface area contributed by atoms with Gasteiger partial charge in [0.25, 0.3) is 0 Å². The summed E-state index contributed by atoms with van der Waals surface area (Å²) in [5.41, 5.74) is 1.58. The summed E-state index contributed by atoms with van der Waals surface area (Å²) in [5, 5.41) is 13.9. The number of fused-ring (bicyclic) bond motifs is 9. The summed E-state index contributed by atoms with van der Waals surface area (Å²) in [7, 11) is 1.50. The highest BCUT2D eigenvalue weighted by molar-refractivity contribution is 8.00. The molecule has 2 aliphatic heterocycles. The first-order valence-corrected chi connectivity index (χ1v) is 15.0. The lowest BCUT2D eigenvalue weighted by Crippen LogP contribution is -2.42. The Labute approximate surface area is 237 Å². The Kier molecular flexibility index (Phi) is 6.04. The normalized spacial score (nSPS) is 29.7. The zero-order valence-corrected chi connectivity index (χ0v) is 23.2. The van der Waals surface area contributed by atoms with Crippen molar-refractivity contribution in [2.75, 3.05) is 19.0 Å². The van der Waals surface area contributed by atoms with E-state index in [2.05, 4.69) is 10.3 Å². The second kappa shape index (κ2) is 9.52. The van der Waals surface area contributed by atoms with Crippen molar-refractivity contribution >= 4 is 46.5 Å². The maximum atomic E-state index is 13.7. The van der Waals surface area contributed by atoms with Gasteiger partial charge in [-0.15, -0.1) is 11.8 Å². The first kappa shape index (κ1) is 25.4. The van der Waals surface area contributed by atoms with Crippen molar-refractivity contribution in [2.45, 2.75) is 29.0 Å². The zero-order valence-electron chi connectivity index (χ0n) is 21.5. The standard InChI is InChI=1S/C29H27N3O6S2/c1-38-18-11-13(7-8-17(18)33)20-21-15-12-16(24(21)39-26-25(20)40-29(37)31-26)23-22(15)27(35)32(28(23)36)10-9-19(34)30-14-5-3-2-4-6-14/h2-8,11,15-16,20-24,33H,9-10,12H2,1H3,(H,30,34)(H,31,37). The lowest BCUT2D eigenvalue weighted by molar-refractivity contribution is -0.141. The number of aromatic hydroxyl groups is 1. The number of hydrogen-bond donors (Lipinski definition) is 3. The van der Waals surface area contributed by atoms with Crippen molar-refractivity contribution in [3.05, 3.63) is 68.6 Å². The van der Waals surface area contributed by atoms with Crippen LogP contribution in [0.1, 0.15) is 29.2 Å². The number of carbonyl (C=O) groups is 3. The highest BCUT2D eigenvalue weighted by Gasteiger charge is 2.69. The predicted octanol–water partition coefficient (Wildman–Crippen LogP) is 3.65. The summed E-state index contributed by atoms with van der Waals surface area (Å²) >= 11 is 2.81. The number of phenols is 1. The van der Waals surface area contributed by atoms with Gasteiger partial charge < -0.3 is 20.1 Å². The van der Waals surface area contributed by atoms with Crippen molar-refractivity contribution in [3.63, 3.8) is 0 Å². The van der Waals surface area contributed by atoms with Crippen molar-refractivity contribution < 1.29 is 24.2 Å². The number of para-hydroxylation sites is 1. The van der Waals surface area contributed by atoms with Gasteiger partial charge in [-0.25, -0.2) is 0 Å². The Balaban J connectivity index is 1.17. The average molecular weight is 578 g/mol. The summed E-state index contributed by atoms with van der Waals surface area (Å²) in [6, 6.07) is 14.4. The molecule has 7 rings (SSSR count). The van der Waals surface area contributed by atoms with Gasteiger partial charge in [-0.1, -0.05) is 35.6 Å². The number of imide groups is 1. The topological polar surface area (TPSA) is 129 Å². The summed E-state index contributed by atoms with van der Waals surface area (Å²) in [6.07, 6.45) is 0.819. The number of aromatic amines is 1. The maximum Gasteiger partial charge on any atom is 0.305 e. The summed E-state index contributed by atoms with van der Waals surface area (Å²) < 4.78 is 5.38. The van der Waals surface area contributed by atoms with E-state index in [0.29, 0.717) is 11.4 Å². The Morgan fingerprint density at radius 3 is 2.60 bits per heavy atom. The zero-order chi connectivity index (χ0) is 27.7. The molecule has 206 valence electrons. The van der Waals surface area contributed by atoms with Gasteiger partial charge in [0.05, 0.1) is 24.0 Å². The largest absolute Gasteiger partial charge is 0.504 e. The van der Waals surface area contributed by atoms with E-state index in [4.69, 9.17) is 4.74 Å². The number of amides is 3. The van der Waals surface area contributed by atoms with Crippen molar-refractivity contribution in [2.24, 2.45) is 29.6 Å². The number of anilines is 1. The number of hydrogen-bond acceptors (Lipinski definition) is 8. The molecule has 1 saturated heterocycles. The summed E-state index contributed by atoms with van der Waals surface area (Å²) in [4.78, 5) is 57.4. The molecule has 2 aliphatic carbocycles. The van der Waals surface area contributed by atoms with Crippen molar-refractivity contribution in [3.8, 4) is 11.5 Å². The molecular weight excluding hydrogens is 550 g/mol. The number of likely N-dealkylation sites (tertiary alicyclic amines) is 1.